The van der Waals surface area contributed by atoms with E-state index in [1.54, 1.807) is 44.4 Å². The van der Waals surface area contributed by atoms with Crippen molar-refractivity contribution in [2.45, 2.75) is 6.92 Å². The minimum Gasteiger partial charge on any atom is -0.494 e. The van der Waals surface area contributed by atoms with Gasteiger partial charge in [-0.05, 0) is 49.4 Å². The van der Waals surface area contributed by atoms with Gasteiger partial charge < -0.3 is 20.3 Å². The van der Waals surface area contributed by atoms with Crippen LogP contribution in [0.2, 0.25) is 0 Å². The number of benzene rings is 2. The maximum absolute atomic E-state index is 12.0. The first-order valence-electron chi connectivity index (χ1n) is 8.08. The van der Waals surface area contributed by atoms with Gasteiger partial charge in [-0.1, -0.05) is 6.07 Å². The first-order chi connectivity index (χ1) is 12.0. The summed E-state index contributed by atoms with van der Waals surface area (Å²) in [6, 6.07) is 14.3. The van der Waals surface area contributed by atoms with Crippen molar-refractivity contribution in [1.82, 2.24) is 4.90 Å². The third kappa shape index (κ3) is 5.53. The van der Waals surface area contributed by atoms with Crippen molar-refractivity contribution >= 4 is 23.2 Å². The van der Waals surface area contributed by atoms with Crippen LogP contribution in [-0.2, 0) is 4.79 Å². The third-order valence-corrected chi connectivity index (χ3v) is 3.42. The van der Waals surface area contributed by atoms with Gasteiger partial charge in [0.1, 0.15) is 5.75 Å². The van der Waals surface area contributed by atoms with E-state index in [2.05, 4.69) is 10.6 Å². The van der Waals surface area contributed by atoms with E-state index in [-0.39, 0.29) is 18.4 Å². The van der Waals surface area contributed by atoms with Crippen LogP contribution in [0.25, 0.3) is 0 Å². The SMILES string of the molecule is CCOc1ccc(NC(=O)CNc2cccc(C(=O)N(C)C)c2)cc1. The lowest BCUT2D eigenvalue weighted by atomic mass is 10.2. The highest BCUT2D eigenvalue weighted by atomic mass is 16.5. The summed E-state index contributed by atoms with van der Waals surface area (Å²) in [5, 5.41) is 5.83. The Balaban J connectivity index is 1.89. The summed E-state index contributed by atoms with van der Waals surface area (Å²) in [5.74, 6) is 0.511. The summed E-state index contributed by atoms with van der Waals surface area (Å²) >= 11 is 0. The number of carbonyl (C=O) groups excluding carboxylic acids is 2. The number of nitrogens with one attached hydrogen (secondary N) is 2. The highest BCUT2D eigenvalue weighted by Gasteiger charge is 2.09. The van der Waals surface area contributed by atoms with Crippen LogP contribution in [0.5, 0.6) is 5.75 Å². The Hall–Kier alpha value is -3.02. The van der Waals surface area contributed by atoms with Gasteiger partial charge in [0.2, 0.25) is 5.91 Å². The first-order valence-corrected chi connectivity index (χ1v) is 8.08. The molecule has 0 aliphatic heterocycles. The molecule has 25 heavy (non-hydrogen) atoms. The molecule has 6 heteroatoms. The molecule has 0 spiro atoms. The van der Waals surface area contributed by atoms with Crippen LogP contribution in [0, 0.1) is 0 Å². The van der Waals surface area contributed by atoms with Crippen molar-refractivity contribution in [3.63, 3.8) is 0 Å². The summed E-state index contributed by atoms with van der Waals surface area (Å²) in [4.78, 5) is 25.5. The van der Waals surface area contributed by atoms with Crippen LogP contribution in [0.15, 0.2) is 48.5 Å². The van der Waals surface area contributed by atoms with E-state index in [1.165, 1.54) is 4.90 Å². The second kappa shape index (κ2) is 8.73. The van der Waals surface area contributed by atoms with Crippen molar-refractivity contribution in [2.75, 3.05) is 37.9 Å². The van der Waals surface area contributed by atoms with Crippen LogP contribution in [0.4, 0.5) is 11.4 Å². The Morgan fingerprint density at radius 1 is 1.04 bits per heavy atom. The Labute approximate surface area is 147 Å². The highest BCUT2D eigenvalue weighted by Crippen LogP contribution is 2.16. The molecule has 0 bridgehead atoms. The zero-order chi connectivity index (χ0) is 18.2. The highest BCUT2D eigenvalue weighted by molar-refractivity contribution is 5.96. The van der Waals surface area contributed by atoms with Gasteiger partial charge in [0, 0.05) is 31.0 Å². The minimum absolute atomic E-state index is 0.0810. The Bertz CT molecular complexity index is 727. The first kappa shape index (κ1) is 18.3. The number of hydrogen-bond acceptors (Lipinski definition) is 4. The summed E-state index contributed by atoms with van der Waals surface area (Å²) < 4.78 is 5.36. The zero-order valence-corrected chi connectivity index (χ0v) is 14.7. The molecule has 2 aromatic carbocycles. The van der Waals surface area contributed by atoms with Gasteiger partial charge in [-0.3, -0.25) is 9.59 Å². The fourth-order valence-electron chi connectivity index (χ4n) is 2.21. The maximum Gasteiger partial charge on any atom is 0.253 e. The van der Waals surface area contributed by atoms with Gasteiger partial charge in [-0.2, -0.15) is 0 Å². The monoisotopic (exact) mass is 341 g/mol. The van der Waals surface area contributed by atoms with Crippen LogP contribution >= 0.6 is 0 Å². The molecule has 2 aromatic rings. The predicted octanol–water partition coefficient (Wildman–Crippen LogP) is 2.84. The lowest BCUT2D eigenvalue weighted by molar-refractivity contribution is -0.114. The molecule has 2 amide bonds. The van der Waals surface area contributed by atoms with E-state index in [9.17, 15) is 9.59 Å². The second-order valence-electron chi connectivity index (χ2n) is 5.64. The van der Waals surface area contributed by atoms with Crippen molar-refractivity contribution in [3.05, 3.63) is 54.1 Å². The van der Waals surface area contributed by atoms with E-state index in [1.807, 2.05) is 25.1 Å². The molecule has 0 aliphatic carbocycles. The van der Waals surface area contributed by atoms with Crippen LogP contribution in [0.3, 0.4) is 0 Å². The number of anilines is 2. The topological polar surface area (TPSA) is 70.7 Å². The lowest BCUT2D eigenvalue weighted by Gasteiger charge is -2.12. The Morgan fingerprint density at radius 2 is 1.76 bits per heavy atom. The summed E-state index contributed by atoms with van der Waals surface area (Å²) in [5.41, 5.74) is 1.99. The summed E-state index contributed by atoms with van der Waals surface area (Å²) in [6.45, 7) is 2.63. The molecule has 0 atom stereocenters. The molecule has 2 N–H and O–H groups in total. The van der Waals surface area contributed by atoms with Crippen LogP contribution in [0.1, 0.15) is 17.3 Å². The van der Waals surface area contributed by atoms with Crippen molar-refractivity contribution in [3.8, 4) is 5.75 Å². The number of carbonyl (C=O) groups is 2. The molecule has 0 heterocycles. The minimum atomic E-state index is -0.173. The summed E-state index contributed by atoms with van der Waals surface area (Å²) in [7, 11) is 3.40. The number of hydrogen-bond donors (Lipinski definition) is 2. The fraction of sp³-hybridized carbons (Fsp3) is 0.263. The van der Waals surface area contributed by atoms with E-state index in [0.29, 0.717) is 17.9 Å². The maximum atomic E-state index is 12.0. The van der Waals surface area contributed by atoms with E-state index in [0.717, 1.165) is 11.4 Å². The van der Waals surface area contributed by atoms with Gasteiger partial charge >= 0.3 is 0 Å². The second-order valence-corrected chi connectivity index (χ2v) is 5.64. The van der Waals surface area contributed by atoms with Gasteiger partial charge in [0.25, 0.3) is 5.91 Å². The third-order valence-electron chi connectivity index (χ3n) is 3.42. The average molecular weight is 341 g/mol. The molecule has 0 fully saturated rings. The molecule has 2 rings (SSSR count). The average Bonchev–Trinajstić information content (AvgIpc) is 2.61. The van der Waals surface area contributed by atoms with Gasteiger partial charge in [-0.15, -0.1) is 0 Å². The van der Waals surface area contributed by atoms with Gasteiger partial charge in [-0.25, -0.2) is 0 Å². The molecule has 0 saturated carbocycles. The number of amides is 2. The van der Waals surface area contributed by atoms with Crippen LogP contribution in [-0.4, -0.2) is 44.0 Å². The molecule has 0 radical (unpaired) electrons. The molecule has 0 aliphatic rings. The molecule has 0 aromatic heterocycles. The number of ether oxygens (including phenoxy) is 1. The van der Waals surface area contributed by atoms with Crippen molar-refractivity contribution in [2.24, 2.45) is 0 Å². The van der Waals surface area contributed by atoms with E-state index in [4.69, 9.17) is 4.74 Å². The number of rotatable bonds is 7. The normalized spacial score (nSPS) is 10.0. The largest absolute Gasteiger partial charge is 0.494 e. The Kier molecular flexibility index (Phi) is 6.39. The molecule has 0 unspecified atom stereocenters. The molecular weight excluding hydrogens is 318 g/mol. The van der Waals surface area contributed by atoms with E-state index < -0.39 is 0 Å². The van der Waals surface area contributed by atoms with Crippen molar-refractivity contribution in [1.29, 1.82) is 0 Å². The van der Waals surface area contributed by atoms with Gasteiger partial charge in [0.15, 0.2) is 0 Å². The quantitative estimate of drug-likeness (QED) is 0.812. The molecule has 6 nitrogen and oxygen atoms in total. The smallest absolute Gasteiger partial charge is 0.253 e. The lowest BCUT2D eigenvalue weighted by Crippen LogP contribution is -2.23. The zero-order valence-electron chi connectivity index (χ0n) is 14.7. The Morgan fingerprint density at radius 3 is 2.40 bits per heavy atom. The number of nitrogens with zero attached hydrogens (tertiary/aromatic N) is 1. The fourth-order valence-corrected chi connectivity index (χ4v) is 2.21. The molecule has 132 valence electrons. The van der Waals surface area contributed by atoms with Gasteiger partial charge in [0.05, 0.1) is 13.2 Å². The predicted molar refractivity (Wildman–Crippen MR) is 99.2 cm³/mol. The van der Waals surface area contributed by atoms with Crippen LogP contribution < -0.4 is 15.4 Å². The van der Waals surface area contributed by atoms with E-state index >= 15 is 0 Å². The summed E-state index contributed by atoms with van der Waals surface area (Å²) in [6.07, 6.45) is 0. The molecule has 0 saturated heterocycles. The van der Waals surface area contributed by atoms with Crippen molar-refractivity contribution < 1.29 is 14.3 Å². The standard InChI is InChI=1S/C19H23N3O3/c1-4-25-17-10-8-15(9-11-17)21-18(23)13-20-16-7-5-6-14(12-16)19(24)22(2)3/h5-12,20H,4,13H2,1-3H3,(H,21,23). The molecular formula is C19H23N3O3.